The lowest BCUT2D eigenvalue weighted by Gasteiger charge is -2.25. The second kappa shape index (κ2) is 19.2. The van der Waals surface area contributed by atoms with E-state index in [1.54, 1.807) is 27.7 Å². The average molecular weight is 627 g/mol. The van der Waals surface area contributed by atoms with Crippen LogP contribution in [0, 0.1) is 10.8 Å². The van der Waals surface area contributed by atoms with Crippen LogP contribution in [0.1, 0.15) is 54.4 Å². The summed E-state index contributed by atoms with van der Waals surface area (Å²) in [5, 5.41) is 49.9. The highest BCUT2D eigenvalue weighted by Gasteiger charge is 2.28. The molecule has 248 valence electrons. The van der Waals surface area contributed by atoms with Gasteiger partial charge in [0, 0.05) is 24.2 Å². The third kappa shape index (κ3) is 17.1. The molecule has 0 aromatic heterocycles. The second-order valence-electron chi connectivity index (χ2n) is 10.9. The van der Waals surface area contributed by atoms with Gasteiger partial charge in [-0.15, -0.1) is 0 Å². The summed E-state index contributed by atoms with van der Waals surface area (Å²) >= 11 is 0. The molecule has 0 heterocycles. The van der Waals surface area contributed by atoms with Gasteiger partial charge in [-0.25, -0.2) is 9.59 Å². The molecule has 0 fully saturated rings. The molecule has 0 bridgehead atoms. The number of amidine groups is 2. The maximum Gasteiger partial charge on any atom is 0.333 e. The first-order valence-electron chi connectivity index (χ1n) is 13.7. The minimum absolute atomic E-state index is 0.0459. The van der Waals surface area contributed by atoms with Gasteiger partial charge >= 0.3 is 23.9 Å². The maximum absolute atomic E-state index is 11.9. The van der Waals surface area contributed by atoms with Gasteiger partial charge < -0.3 is 39.8 Å². The Labute approximate surface area is 257 Å². The number of aliphatic hydroxyl groups excluding tert-OH is 2. The van der Waals surface area contributed by atoms with Crippen LogP contribution in [-0.2, 0) is 38.1 Å². The lowest BCUT2D eigenvalue weighted by atomic mass is 10.0. The SMILES string of the molecule is C=C(C)C(=O)OCC(O)COC(=O)CCNC(=N)C(C)(C)/N=N/C(C)(C)C(=N)NCCC(=O)OCC(O)COC(=O)C(=C)C. The Hall–Kier alpha value is -4.18. The molecule has 0 aromatic rings. The standard InChI is InChI=1S/C28H46N6O10/c1-17(2)23(39)43-15-19(35)13-41-21(37)9-11-31-25(29)27(5,6)33-34-28(7,8)26(30)32-12-10-22(38)42-14-20(36)16-44-24(40)18(3)4/h19-20,35-36H,1,3,9-16H2,2,4-8H3,(H2,29,31)(H2,30,32)/b34-33+. The van der Waals surface area contributed by atoms with Crippen molar-refractivity contribution < 1.29 is 48.3 Å². The molecule has 16 heteroatoms. The molecule has 44 heavy (non-hydrogen) atoms. The smallest absolute Gasteiger partial charge is 0.333 e. The summed E-state index contributed by atoms with van der Waals surface area (Å²) in [6.45, 7) is 14.9. The number of esters is 4. The van der Waals surface area contributed by atoms with E-state index in [-0.39, 0.29) is 75.2 Å². The van der Waals surface area contributed by atoms with E-state index < -0.39 is 47.2 Å². The molecule has 0 saturated carbocycles. The molecule has 0 spiro atoms. The summed E-state index contributed by atoms with van der Waals surface area (Å²) in [6.07, 6.45) is -2.61. The van der Waals surface area contributed by atoms with Crippen LogP contribution in [0.4, 0.5) is 0 Å². The monoisotopic (exact) mass is 626 g/mol. The molecule has 0 aliphatic rings. The van der Waals surface area contributed by atoms with Crippen molar-refractivity contribution in [1.82, 2.24) is 10.6 Å². The van der Waals surface area contributed by atoms with Crippen LogP contribution in [0.15, 0.2) is 34.5 Å². The molecule has 16 nitrogen and oxygen atoms in total. The number of rotatable bonds is 20. The Bertz CT molecular complexity index is 1020. The van der Waals surface area contributed by atoms with E-state index in [1.807, 2.05) is 0 Å². The van der Waals surface area contributed by atoms with E-state index >= 15 is 0 Å². The summed E-state index contributed by atoms with van der Waals surface area (Å²) in [5.74, 6) is -2.70. The normalized spacial score (nSPS) is 12.8. The molecule has 0 rings (SSSR count). The van der Waals surface area contributed by atoms with Gasteiger partial charge in [0.2, 0.25) is 0 Å². The molecule has 0 radical (unpaired) electrons. The number of nitrogens with zero attached hydrogens (tertiary/aromatic N) is 2. The summed E-state index contributed by atoms with van der Waals surface area (Å²) in [5.41, 5.74) is -1.91. The minimum atomic E-state index is -1.19. The fraction of sp³-hybridized carbons (Fsp3) is 0.643. The predicted octanol–water partition coefficient (Wildman–Crippen LogP) is 0.957. The molecule has 0 aliphatic carbocycles. The van der Waals surface area contributed by atoms with Crippen LogP contribution >= 0.6 is 0 Å². The van der Waals surface area contributed by atoms with Crippen molar-refractivity contribution in [3.8, 4) is 0 Å². The van der Waals surface area contributed by atoms with E-state index in [0.29, 0.717) is 0 Å². The topological polar surface area (TPSA) is 242 Å². The zero-order valence-corrected chi connectivity index (χ0v) is 26.3. The Morgan fingerprint density at radius 2 is 0.977 bits per heavy atom. The zero-order valence-electron chi connectivity index (χ0n) is 26.3. The van der Waals surface area contributed by atoms with Crippen molar-refractivity contribution in [3.63, 3.8) is 0 Å². The van der Waals surface area contributed by atoms with E-state index in [2.05, 4.69) is 34.0 Å². The van der Waals surface area contributed by atoms with Crippen LogP contribution in [0.25, 0.3) is 0 Å². The van der Waals surface area contributed by atoms with Gasteiger partial charge in [0.15, 0.2) is 0 Å². The number of hydrogen-bond donors (Lipinski definition) is 6. The number of aliphatic hydroxyl groups is 2. The van der Waals surface area contributed by atoms with Crippen molar-refractivity contribution in [2.24, 2.45) is 10.2 Å². The van der Waals surface area contributed by atoms with Gasteiger partial charge in [0.25, 0.3) is 0 Å². The zero-order chi connectivity index (χ0) is 34.1. The number of hydrogen-bond acceptors (Lipinski definition) is 14. The van der Waals surface area contributed by atoms with Crippen LogP contribution < -0.4 is 10.6 Å². The van der Waals surface area contributed by atoms with E-state index in [1.165, 1.54) is 13.8 Å². The van der Waals surface area contributed by atoms with Gasteiger partial charge in [-0.1, -0.05) is 13.2 Å². The largest absolute Gasteiger partial charge is 0.463 e. The molecule has 2 atom stereocenters. The van der Waals surface area contributed by atoms with E-state index in [4.69, 9.17) is 29.8 Å². The number of carbonyl (C=O) groups excluding carboxylic acids is 4. The highest BCUT2D eigenvalue weighted by Crippen LogP contribution is 2.17. The second-order valence-corrected chi connectivity index (χ2v) is 10.9. The third-order valence-electron chi connectivity index (χ3n) is 5.42. The molecular weight excluding hydrogens is 580 g/mol. The number of nitrogens with one attached hydrogen (secondary N) is 4. The van der Waals surface area contributed by atoms with Crippen LogP contribution in [0.2, 0.25) is 0 Å². The Morgan fingerprint density at radius 1 is 0.682 bits per heavy atom. The van der Waals surface area contributed by atoms with Crippen molar-refractivity contribution in [3.05, 3.63) is 24.3 Å². The van der Waals surface area contributed by atoms with Crippen LogP contribution in [0.3, 0.4) is 0 Å². The van der Waals surface area contributed by atoms with Crippen molar-refractivity contribution in [2.45, 2.75) is 77.7 Å². The Morgan fingerprint density at radius 3 is 1.27 bits per heavy atom. The van der Waals surface area contributed by atoms with Gasteiger partial charge in [0.05, 0.1) is 12.8 Å². The molecule has 0 saturated heterocycles. The van der Waals surface area contributed by atoms with Crippen molar-refractivity contribution in [2.75, 3.05) is 39.5 Å². The first-order valence-corrected chi connectivity index (χ1v) is 13.7. The minimum Gasteiger partial charge on any atom is -0.463 e. The highest BCUT2D eigenvalue weighted by molar-refractivity contribution is 5.90. The third-order valence-corrected chi connectivity index (χ3v) is 5.42. The molecule has 0 aliphatic heterocycles. The summed E-state index contributed by atoms with van der Waals surface area (Å²) in [4.78, 5) is 46.5. The van der Waals surface area contributed by atoms with E-state index in [0.717, 1.165) is 0 Å². The van der Waals surface area contributed by atoms with Crippen molar-refractivity contribution in [1.29, 1.82) is 10.8 Å². The lowest BCUT2D eigenvalue weighted by molar-refractivity contribution is -0.151. The van der Waals surface area contributed by atoms with E-state index in [9.17, 15) is 29.4 Å². The first kappa shape index (κ1) is 39.8. The molecule has 2 unspecified atom stereocenters. The lowest BCUT2D eigenvalue weighted by Crippen LogP contribution is -2.43. The van der Waals surface area contributed by atoms with Gasteiger partial charge in [-0.05, 0) is 41.5 Å². The fourth-order valence-corrected chi connectivity index (χ4v) is 2.57. The number of azo groups is 1. The summed E-state index contributed by atoms with van der Waals surface area (Å²) in [6, 6.07) is 0. The molecule has 0 aromatic carbocycles. The van der Waals surface area contributed by atoms with Crippen LogP contribution in [0.5, 0.6) is 0 Å². The Kier molecular flexibility index (Phi) is 17.3. The predicted molar refractivity (Wildman–Crippen MR) is 159 cm³/mol. The fourth-order valence-electron chi connectivity index (χ4n) is 2.57. The maximum atomic E-state index is 11.9. The van der Waals surface area contributed by atoms with Crippen LogP contribution in [-0.4, -0.2) is 109 Å². The van der Waals surface area contributed by atoms with Crippen molar-refractivity contribution >= 4 is 35.5 Å². The molecular formula is C28H46N6O10. The number of ether oxygens (including phenoxy) is 4. The Balaban J connectivity index is 4.49. The highest BCUT2D eigenvalue weighted by atomic mass is 16.6. The van der Waals surface area contributed by atoms with Gasteiger partial charge in [0.1, 0.15) is 61.4 Å². The average Bonchev–Trinajstić information content (AvgIpc) is 2.94. The quantitative estimate of drug-likeness (QED) is 0.0276. The molecule has 0 amide bonds. The summed E-state index contributed by atoms with van der Waals surface area (Å²) in [7, 11) is 0. The van der Waals surface area contributed by atoms with Gasteiger partial charge in [-0.3, -0.25) is 20.4 Å². The first-order chi connectivity index (χ1) is 20.3. The molecule has 6 N–H and O–H groups in total. The number of carbonyl (C=O) groups is 4. The van der Waals surface area contributed by atoms with Gasteiger partial charge in [-0.2, -0.15) is 10.2 Å². The summed E-state index contributed by atoms with van der Waals surface area (Å²) < 4.78 is 19.4.